The molecule has 41 heavy (non-hydrogen) atoms. The van der Waals surface area contributed by atoms with Crippen LogP contribution in [0.1, 0.15) is 48.1 Å². The third-order valence-electron chi connectivity index (χ3n) is 7.22. The normalized spacial score (nSPS) is 12.6. The van der Waals surface area contributed by atoms with Crippen LogP contribution >= 0.6 is 0 Å². The van der Waals surface area contributed by atoms with E-state index in [-0.39, 0.29) is 18.4 Å². The van der Waals surface area contributed by atoms with E-state index in [4.69, 9.17) is 15.2 Å². The number of benzene rings is 4. The highest BCUT2D eigenvalue weighted by Gasteiger charge is 2.20. The predicted octanol–water partition coefficient (Wildman–Crippen LogP) is 5.85. The minimum absolute atomic E-state index is 0.0283. The summed E-state index contributed by atoms with van der Waals surface area (Å²) in [6.45, 7) is 2.97. The van der Waals surface area contributed by atoms with Gasteiger partial charge in [-0.2, -0.15) is 0 Å². The lowest BCUT2D eigenvalue weighted by molar-refractivity contribution is 0.123. The maximum atomic E-state index is 11.0. The van der Waals surface area contributed by atoms with Crippen molar-refractivity contribution in [3.63, 3.8) is 0 Å². The van der Waals surface area contributed by atoms with E-state index in [1.807, 2.05) is 60.7 Å². The van der Waals surface area contributed by atoms with Gasteiger partial charge in [-0.3, -0.25) is 0 Å². The van der Waals surface area contributed by atoms with E-state index in [0.717, 1.165) is 53.0 Å². The number of nitrogens with two attached hydrogens (primary N) is 1. The number of aliphatic hydroxyl groups excluding tert-OH is 2. The fraction of sp³-hybridized carbons (Fsp3) is 0.294. The number of methoxy groups -OCH3 is 1. The first-order chi connectivity index (χ1) is 19.9. The average Bonchev–Trinajstić information content (AvgIpc) is 3.01. The van der Waals surface area contributed by atoms with Crippen molar-refractivity contribution in [1.82, 2.24) is 5.32 Å². The Labute approximate surface area is 242 Å². The summed E-state index contributed by atoms with van der Waals surface area (Å²) in [5.41, 5.74) is 11.1. The Hall–Kier alpha value is -3.88. The maximum absolute atomic E-state index is 11.0. The van der Waals surface area contributed by atoms with E-state index >= 15 is 0 Å². The Bertz CT molecular complexity index is 1410. The van der Waals surface area contributed by atoms with Gasteiger partial charge >= 0.3 is 0 Å². The summed E-state index contributed by atoms with van der Waals surface area (Å²) in [6.07, 6.45) is 1.75. The van der Waals surface area contributed by atoms with E-state index < -0.39 is 6.10 Å². The minimum Gasteiger partial charge on any atom is -0.508 e. The summed E-state index contributed by atoms with van der Waals surface area (Å²) >= 11 is 0. The van der Waals surface area contributed by atoms with Crippen LogP contribution in [0.5, 0.6) is 23.0 Å². The molecule has 0 aliphatic carbocycles. The Morgan fingerprint density at radius 3 is 2.39 bits per heavy atom. The van der Waals surface area contributed by atoms with Crippen LogP contribution in [0.25, 0.3) is 11.1 Å². The van der Waals surface area contributed by atoms with Crippen LogP contribution in [-0.4, -0.2) is 35.0 Å². The largest absolute Gasteiger partial charge is 0.508 e. The highest BCUT2D eigenvalue weighted by molar-refractivity contribution is 5.72. The van der Waals surface area contributed by atoms with Gasteiger partial charge in [-0.05, 0) is 90.2 Å². The van der Waals surface area contributed by atoms with Crippen LogP contribution in [0.3, 0.4) is 0 Å². The lowest BCUT2D eigenvalue weighted by atomic mass is 9.96. The molecule has 0 radical (unpaired) electrons. The third-order valence-corrected chi connectivity index (χ3v) is 7.22. The standard InChI is InChI=1S/C34H40N2O5/c1-3-5-31(34(39)26-10-14-32(38)27(19-26)22-37)36-17-16-23-8-11-28(12-9-23)41-29-13-15-33(40-2)30(20-29)25-7-4-6-24(18-25)21-35/h4,6-15,18-20,31,34,36-39H,3,5,16-17,21-22,35H2,1-2H3. The molecule has 7 heteroatoms. The Morgan fingerprint density at radius 2 is 1.68 bits per heavy atom. The summed E-state index contributed by atoms with van der Waals surface area (Å²) < 4.78 is 11.8. The number of nitrogens with one attached hydrogen (secondary N) is 1. The summed E-state index contributed by atoms with van der Waals surface area (Å²) in [4.78, 5) is 0. The number of hydrogen-bond acceptors (Lipinski definition) is 7. The molecule has 0 amide bonds. The monoisotopic (exact) mass is 556 g/mol. The van der Waals surface area contributed by atoms with E-state index in [9.17, 15) is 15.3 Å². The molecule has 0 saturated carbocycles. The van der Waals surface area contributed by atoms with E-state index in [1.165, 1.54) is 6.07 Å². The van der Waals surface area contributed by atoms with Crippen LogP contribution in [-0.2, 0) is 19.6 Å². The molecule has 0 spiro atoms. The second-order valence-electron chi connectivity index (χ2n) is 10.1. The van der Waals surface area contributed by atoms with Crippen molar-refractivity contribution in [3.8, 4) is 34.1 Å². The zero-order chi connectivity index (χ0) is 29.2. The van der Waals surface area contributed by atoms with Gasteiger partial charge in [-0.15, -0.1) is 0 Å². The fourth-order valence-electron chi connectivity index (χ4n) is 4.94. The van der Waals surface area contributed by atoms with Crippen molar-refractivity contribution in [3.05, 3.63) is 107 Å². The molecule has 4 aromatic carbocycles. The second-order valence-corrected chi connectivity index (χ2v) is 10.1. The molecule has 2 unspecified atom stereocenters. The first-order valence-electron chi connectivity index (χ1n) is 14.0. The van der Waals surface area contributed by atoms with E-state index in [1.54, 1.807) is 19.2 Å². The highest BCUT2D eigenvalue weighted by Crippen LogP contribution is 2.35. The van der Waals surface area contributed by atoms with Gasteiger partial charge in [-0.1, -0.05) is 49.7 Å². The SMILES string of the molecule is CCCC(NCCc1ccc(Oc2ccc(OC)c(-c3cccc(CN)c3)c2)cc1)C(O)c1ccc(O)c(CO)c1. The van der Waals surface area contributed by atoms with Crippen molar-refractivity contribution in [2.24, 2.45) is 5.73 Å². The molecule has 4 rings (SSSR count). The molecule has 6 N–H and O–H groups in total. The molecule has 7 nitrogen and oxygen atoms in total. The van der Waals surface area contributed by atoms with Crippen LogP contribution in [0.2, 0.25) is 0 Å². The molecular weight excluding hydrogens is 516 g/mol. The number of hydrogen-bond donors (Lipinski definition) is 5. The van der Waals surface area contributed by atoms with Crippen LogP contribution < -0.4 is 20.5 Å². The van der Waals surface area contributed by atoms with Gasteiger partial charge in [-0.25, -0.2) is 0 Å². The number of rotatable bonds is 14. The summed E-state index contributed by atoms with van der Waals surface area (Å²) in [7, 11) is 1.66. The number of phenols is 1. The molecule has 0 saturated heterocycles. The minimum atomic E-state index is -0.746. The van der Waals surface area contributed by atoms with Gasteiger partial charge < -0.3 is 35.8 Å². The van der Waals surface area contributed by atoms with Gasteiger partial charge in [0, 0.05) is 23.7 Å². The molecule has 216 valence electrons. The van der Waals surface area contributed by atoms with E-state index in [0.29, 0.717) is 30.0 Å². The Morgan fingerprint density at radius 1 is 0.902 bits per heavy atom. The Kier molecular flexibility index (Phi) is 10.8. The molecule has 0 aliphatic rings. The summed E-state index contributed by atoms with van der Waals surface area (Å²) in [5.74, 6) is 2.24. The molecule has 4 aromatic rings. The number of aliphatic hydroxyl groups is 2. The Balaban J connectivity index is 1.37. The quantitative estimate of drug-likeness (QED) is 0.132. The van der Waals surface area contributed by atoms with E-state index in [2.05, 4.69) is 18.3 Å². The fourth-order valence-corrected chi connectivity index (χ4v) is 4.94. The lowest BCUT2D eigenvalue weighted by Gasteiger charge is -2.25. The molecule has 0 heterocycles. The smallest absolute Gasteiger partial charge is 0.128 e. The van der Waals surface area contributed by atoms with Crippen molar-refractivity contribution < 1.29 is 24.8 Å². The van der Waals surface area contributed by atoms with Gasteiger partial charge in [0.05, 0.1) is 19.8 Å². The molecule has 0 fully saturated rings. The summed E-state index contributed by atoms with van der Waals surface area (Å²) in [5, 5.41) is 33.8. The van der Waals surface area contributed by atoms with Gasteiger partial charge in [0.25, 0.3) is 0 Å². The van der Waals surface area contributed by atoms with Crippen molar-refractivity contribution in [2.75, 3.05) is 13.7 Å². The molecule has 0 aromatic heterocycles. The number of aromatic hydroxyl groups is 1. The van der Waals surface area contributed by atoms with Crippen molar-refractivity contribution >= 4 is 0 Å². The van der Waals surface area contributed by atoms with Gasteiger partial charge in [0.15, 0.2) is 0 Å². The molecular formula is C34H40N2O5. The second kappa shape index (κ2) is 14.7. The molecule has 2 atom stereocenters. The van der Waals surface area contributed by atoms with Crippen LogP contribution in [0, 0.1) is 0 Å². The third kappa shape index (κ3) is 7.86. The highest BCUT2D eigenvalue weighted by atomic mass is 16.5. The molecule has 0 bridgehead atoms. The average molecular weight is 557 g/mol. The molecule has 0 aliphatic heterocycles. The maximum Gasteiger partial charge on any atom is 0.128 e. The first-order valence-corrected chi connectivity index (χ1v) is 14.0. The van der Waals surface area contributed by atoms with Gasteiger partial charge in [0.1, 0.15) is 23.0 Å². The van der Waals surface area contributed by atoms with Crippen LogP contribution in [0.15, 0.2) is 84.9 Å². The predicted molar refractivity (Wildman–Crippen MR) is 162 cm³/mol. The zero-order valence-electron chi connectivity index (χ0n) is 23.7. The topological polar surface area (TPSA) is 117 Å². The number of ether oxygens (including phenoxy) is 2. The summed E-state index contributed by atoms with van der Waals surface area (Å²) in [6, 6.07) is 26.6. The van der Waals surface area contributed by atoms with Crippen molar-refractivity contribution in [2.45, 2.75) is 51.5 Å². The first kappa shape index (κ1) is 30.1. The lowest BCUT2D eigenvalue weighted by Crippen LogP contribution is -2.36. The van der Waals surface area contributed by atoms with Crippen molar-refractivity contribution in [1.29, 1.82) is 0 Å². The van der Waals surface area contributed by atoms with Gasteiger partial charge in [0.2, 0.25) is 0 Å². The zero-order valence-corrected chi connectivity index (χ0v) is 23.7. The van der Waals surface area contributed by atoms with Crippen LogP contribution in [0.4, 0.5) is 0 Å².